The molecule has 3 rings (SSSR count). The fourth-order valence-electron chi connectivity index (χ4n) is 2.81. The van der Waals surface area contributed by atoms with E-state index in [9.17, 15) is 4.79 Å². The van der Waals surface area contributed by atoms with Gasteiger partial charge in [-0.25, -0.2) is 4.79 Å². The number of esters is 1. The Kier molecular flexibility index (Phi) is 5.38. The number of nitrogens with one attached hydrogen (secondary N) is 1. The third-order valence-electron chi connectivity index (χ3n) is 3.93. The van der Waals surface area contributed by atoms with Crippen LogP contribution in [0.15, 0.2) is 36.5 Å². The molecule has 2 heterocycles. The number of hydrogen-bond donors (Lipinski definition) is 1. The number of aryl methyl sites for hydroxylation is 1. The van der Waals surface area contributed by atoms with Crippen molar-refractivity contribution in [1.82, 2.24) is 9.97 Å². The summed E-state index contributed by atoms with van der Waals surface area (Å²) in [6.45, 7) is 2.56. The first-order chi connectivity index (χ1) is 12.2. The number of nitrogens with zero attached hydrogens (tertiary/aromatic N) is 1. The Bertz CT molecular complexity index is 905. The molecule has 0 saturated carbocycles. The van der Waals surface area contributed by atoms with Crippen molar-refractivity contribution in [2.45, 2.75) is 13.3 Å². The molecule has 0 aliphatic heterocycles. The lowest BCUT2D eigenvalue weighted by atomic mass is 10.0. The van der Waals surface area contributed by atoms with Crippen molar-refractivity contribution in [2.75, 3.05) is 19.0 Å². The molecule has 6 heteroatoms. The van der Waals surface area contributed by atoms with Crippen LogP contribution in [0.25, 0.3) is 22.2 Å². The van der Waals surface area contributed by atoms with E-state index in [0.29, 0.717) is 12.3 Å². The molecule has 0 saturated heterocycles. The Morgan fingerprint density at radius 3 is 2.88 bits per heavy atom. The van der Waals surface area contributed by atoms with Gasteiger partial charge < -0.3 is 14.5 Å². The molecule has 0 aliphatic carbocycles. The number of H-pyrrole nitrogens is 1. The average molecular weight is 403 g/mol. The number of benzene rings is 1. The first-order valence-corrected chi connectivity index (χ1v) is 9.18. The molecule has 1 aromatic carbocycles. The van der Waals surface area contributed by atoms with Crippen molar-refractivity contribution in [3.63, 3.8) is 0 Å². The predicted molar refractivity (Wildman–Crippen MR) is 102 cm³/mol. The number of aromatic amines is 1. The monoisotopic (exact) mass is 402 g/mol. The number of hydrogen-bond acceptors (Lipinski definition) is 4. The highest BCUT2D eigenvalue weighted by Gasteiger charge is 2.16. The highest BCUT2D eigenvalue weighted by Crippen LogP contribution is 2.31. The normalized spacial score (nSPS) is 10.8. The molecule has 1 N–H and O–H groups in total. The van der Waals surface area contributed by atoms with Crippen LogP contribution in [0.4, 0.5) is 0 Å². The number of halogens is 1. The topological polar surface area (TPSA) is 64.2 Å². The van der Waals surface area contributed by atoms with E-state index < -0.39 is 5.97 Å². The Balaban J connectivity index is 2.18. The zero-order valence-electron chi connectivity index (χ0n) is 14.1. The SMILES string of the molecule is CCOc1cccc(-c2ncc(CCBr)c3[nH]c(C(=O)OC)cc23)c1. The summed E-state index contributed by atoms with van der Waals surface area (Å²) >= 11 is 3.46. The Morgan fingerprint density at radius 1 is 1.32 bits per heavy atom. The van der Waals surface area contributed by atoms with Crippen molar-refractivity contribution in [3.05, 3.63) is 47.8 Å². The summed E-state index contributed by atoms with van der Waals surface area (Å²) in [5.74, 6) is 0.401. The van der Waals surface area contributed by atoms with E-state index in [4.69, 9.17) is 9.47 Å². The quantitative estimate of drug-likeness (QED) is 0.491. The van der Waals surface area contributed by atoms with Crippen LogP contribution in [-0.2, 0) is 11.2 Å². The molecule has 0 atom stereocenters. The minimum absolute atomic E-state index is 0.394. The second-order valence-electron chi connectivity index (χ2n) is 5.50. The van der Waals surface area contributed by atoms with Crippen LogP contribution in [0.2, 0.25) is 0 Å². The minimum Gasteiger partial charge on any atom is -0.494 e. The van der Waals surface area contributed by atoms with Crippen molar-refractivity contribution < 1.29 is 14.3 Å². The fourth-order valence-corrected chi connectivity index (χ4v) is 3.24. The summed E-state index contributed by atoms with van der Waals surface area (Å²) in [6, 6.07) is 9.60. The molecular weight excluding hydrogens is 384 g/mol. The lowest BCUT2D eigenvalue weighted by molar-refractivity contribution is 0.0595. The number of pyridine rings is 1. The number of alkyl halides is 1. The van der Waals surface area contributed by atoms with Gasteiger partial charge in [0.2, 0.25) is 0 Å². The summed E-state index contributed by atoms with van der Waals surface area (Å²) in [6.07, 6.45) is 2.66. The van der Waals surface area contributed by atoms with Crippen molar-refractivity contribution in [2.24, 2.45) is 0 Å². The number of aromatic nitrogens is 2. The molecule has 0 aliphatic rings. The van der Waals surface area contributed by atoms with E-state index in [1.807, 2.05) is 37.4 Å². The number of ether oxygens (including phenoxy) is 2. The molecule has 25 heavy (non-hydrogen) atoms. The van der Waals surface area contributed by atoms with E-state index in [1.54, 1.807) is 6.07 Å². The fraction of sp³-hybridized carbons (Fsp3) is 0.263. The molecule has 0 bridgehead atoms. The van der Waals surface area contributed by atoms with Crippen LogP contribution < -0.4 is 4.74 Å². The molecule has 0 spiro atoms. The predicted octanol–water partition coefficient (Wildman–Crippen LogP) is 4.35. The molecule has 130 valence electrons. The van der Waals surface area contributed by atoms with E-state index in [1.165, 1.54) is 7.11 Å². The molecule has 5 nitrogen and oxygen atoms in total. The zero-order valence-corrected chi connectivity index (χ0v) is 15.7. The standard InChI is InChI=1S/C19H19BrN2O3/c1-3-25-14-6-4-5-12(9-14)17-15-10-16(19(23)24-2)22-18(15)13(7-8-20)11-21-17/h4-6,9-11,22H,3,7-8H2,1-2H3. The van der Waals surface area contributed by atoms with Crippen LogP contribution >= 0.6 is 15.9 Å². The van der Waals surface area contributed by atoms with Crippen LogP contribution in [-0.4, -0.2) is 35.0 Å². The van der Waals surface area contributed by atoms with Crippen molar-refractivity contribution in [3.8, 4) is 17.0 Å². The van der Waals surface area contributed by atoms with Gasteiger partial charge in [0.1, 0.15) is 11.4 Å². The summed E-state index contributed by atoms with van der Waals surface area (Å²) in [7, 11) is 1.37. The second kappa shape index (κ2) is 7.70. The lowest BCUT2D eigenvalue weighted by Crippen LogP contribution is -2.00. The third kappa shape index (κ3) is 3.54. The van der Waals surface area contributed by atoms with Gasteiger partial charge in [0.25, 0.3) is 0 Å². The maximum absolute atomic E-state index is 11.9. The van der Waals surface area contributed by atoms with Gasteiger partial charge in [-0.3, -0.25) is 4.98 Å². The Labute approximate surface area is 154 Å². The average Bonchev–Trinajstić information content (AvgIpc) is 3.08. The van der Waals surface area contributed by atoms with Crippen LogP contribution in [0.1, 0.15) is 23.0 Å². The van der Waals surface area contributed by atoms with Gasteiger partial charge in [0.05, 0.1) is 24.9 Å². The van der Waals surface area contributed by atoms with Gasteiger partial charge in [-0.2, -0.15) is 0 Å². The highest BCUT2D eigenvalue weighted by atomic mass is 79.9. The van der Waals surface area contributed by atoms with Crippen LogP contribution in [0, 0.1) is 0 Å². The lowest BCUT2D eigenvalue weighted by Gasteiger charge is -2.08. The largest absolute Gasteiger partial charge is 0.494 e. The van der Waals surface area contributed by atoms with Crippen LogP contribution in [0.5, 0.6) is 5.75 Å². The Morgan fingerprint density at radius 2 is 2.16 bits per heavy atom. The molecule has 0 amide bonds. The number of fused-ring (bicyclic) bond motifs is 1. The maximum Gasteiger partial charge on any atom is 0.354 e. The molecule has 0 unspecified atom stereocenters. The number of carbonyl (C=O) groups excluding carboxylic acids is 1. The van der Waals surface area contributed by atoms with Gasteiger partial charge in [0.15, 0.2) is 0 Å². The van der Waals surface area contributed by atoms with Gasteiger partial charge in [-0.05, 0) is 37.1 Å². The Hall–Kier alpha value is -2.34. The van der Waals surface area contributed by atoms with Gasteiger partial charge in [-0.15, -0.1) is 0 Å². The first kappa shape index (κ1) is 17.5. The third-order valence-corrected chi connectivity index (χ3v) is 4.33. The van der Waals surface area contributed by atoms with E-state index in [-0.39, 0.29) is 0 Å². The second-order valence-corrected chi connectivity index (χ2v) is 6.29. The molecular formula is C19H19BrN2O3. The number of carbonyl (C=O) groups is 1. The van der Waals surface area contributed by atoms with Gasteiger partial charge in [0, 0.05) is 22.5 Å². The molecule has 2 aromatic heterocycles. The highest BCUT2D eigenvalue weighted by molar-refractivity contribution is 9.09. The van der Waals surface area contributed by atoms with Gasteiger partial charge >= 0.3 is 5.97 Å². The number of rotatable bonds is 6. The summed E-state index contributed by atoms with van der Waals surface area (Å²) in [5, 5.41) is 1.71. The first-order valence-electron chi connectivity index (χ1n) is 8.06. The molecule has 0 fully saturated rings. The minimum atomic E-state index is -0.394. The van der Waals surface area contributed by atoms with Crippen molar-refractivity contribution >= 4 is 32.8 Å². The summed E-state index contributed by atoms with van der Waals surface area (Å²) in [4.78, 5) is 19.8. The zero-order chi connectivity index (χ0) is 17.8. The molecule has 0 radical (unpaired) electrons. The summed E-state index contributed by atoms with van der Waals surface area (Å²) < 4.78 is 10.4. The van der Waals surface area contributed by atoms with E-state index in [2.05, 4.69) is 25.9 Å². The maximum atomic E-state index is 11.9. The van der Waals surface area contributed by atoms with Gasteiger partial charge in [-0.1, -0.05) is 28.1 Å². The molecule has 3 aromatic rings. The van der Waals surface area contributed by atoms with E-state index in [0.717, 1.165) is 45.2 Å². The van der Waals surface area contributed by atoms with E-state index >= 15 is 0 Å². The van der Waals surface area contributed by atoms with Crippen molar-refractivity contribution in [1.29, 1.82) is 0 Å². The number of methoxy groups -OCH3 is 1. The summed E-state index contributed by atoms with van der Waals surface area (Å²) in [5.41, 5.74) is 4.12. The smallest absolute Gasteiger partial charge is 0.354 e. The van der Waals surface area contributed by atoms with Crippen LogP contribution in [0.3, 0.4) is 0 Å².